The standard InChI is InChI=1S/C25H28N4O2/c1-18-10-11-19(2)23(13-18)27-25(31)21-9-6-12-28(17-21)22-14-24(30)29(26-15-22)16-20-7-4-3-5-8-20/h3-5,7-8,10-11,13-15,21H,6,9,12,16-17H2,1-2H3,(H,27,31)/t21-/m0/s1. The molecule has 1 aromatic heterocycles. The third kappa shape index (κ3) is 5.02. The maximum Gasteiger partial charge on any atom is 0.269 e. The summed E-state index contributed by atoms with van der Waals surface area (Å²) < 4.78 is 1.47. The van der Waals surface area contributed by atoms with Crippen molar-refractivity contribution >= 4 is 17.3 Å². The molecule has 6 heteroatoms. The predicted octanol–water partition coefficient (Wildman–Crippen LogP) is 3.76. The zero-order valence-electron chi connectivity index (χ0n) is 18.0. The second kappa shape index (κ2) is 9.16. The molecule has 6 nitrogen and oxygen atoms in total. The van der Waals surface area contributed by atoms with Gasteiger partial charge >= 0.3 is 0 Å². The lowest BCUT2D eigenvalue weighted by Gasteiger charge is -2.33. The molecule has 4 rings (SSSR count). The summed E-state index contributed by atoms with van der Waals surface area (Å²) in [4.78, 5) is 27.6. The highest BCUT2D eigenvalue weighted by atomic mass is 16.2. The number of hydrogen-bond donors (Lipinski definition) is 1. The number of benzene rings is 2. The van der Waals surface area contributed by atoms with Crippen LogP contribution in [0.15, 0.2) is 65.6 Å². The summed E-state index contributed by atoms with van der Waals surface area (Å²) in [5, 5.41) is 7.46. The molecule has 1 aliphatic heterocycles. The number of nitrogens with one attached hydrogen (secondary N) is 1. The fourth-order valence-corrected chi connectivity index (χ4v) is 4.00. The number of piperidine rings is 1. The Kier molecular flexibility index (Phi) is 6.16. The summed E-state index contributed by atoms with van der Waals surface area (Å²) in [5.74, 6) is -0.0933. The van der Waals surface area contributed by atoms with E-state index in [1.54, 1.807) is 12.3 Å². The molecule has 0 spiro atoms. The summed E-state index contributed by atoms with van der Waals surface area (Å²) in [6.07, 6.45) is 3.47. The molecule has 0 radical (unpaired) electrons. The minimum Gasteiger partial charge on any atom is -0.369 e. The largest absolute Gasteiger partial charge is 0.369 e. The maximum atomic E-state index is 12.9. The number of rotatable bonds is 5. The van der Waals surface area contributed by atoms with E-state index in [9.17, 15) is 9.59 Å². The molecule has 160 valence electrons. The summed E-state index contributed by atoms with van der Waals surface area (Å²) in [5.41, 5.74) is 4.71. The monoisotopic (exact) mass is 416 g/mol. The second-order valence-electron chi connectivity index (χ2n) is 8.29. The van der Waals surface area contributed by atoms with Crippen LogP contribution in [0.25, 0.3) is 0 Å². The van der Waals surface area contributed by atoms with Crippen molar-refractivity contribution in [1.82, 2.24) is 9.78 Å². The highest BCUT2D eigenvalue weighted by Crippen LogP contribution is 2.24. The Bertz CT molecular complexity index is 1120. The summed E-state index contributed by atoms with van der Waals surface area (Å²) >= 11 is 0. The molecule has 1 saturated heterocycles. The van der Waals surface area contributed by atoms with Crippen LogP contribution in [0.1, 0.15) is 29.5 Å². The average Bonchev–Trinajstić information content (AvgIpc) is 2.78. The molecule has 3 aromatic rings. The normalized spacial score (nSPS) is 16.2. The quantitative estimate of drug-likeness (QED) is 0.688. The first-order valence-corrected chi connectivity index (χ1v) is 10.7. The summed E-state index contributed by atoms with van der Waals surface area (Å²) in [6.45, 7) is 5.86. The van der Waals surface area contributed by atoms with Crippen LogP contribution >= 0.6 is 0 Å². The van der Waals surface area contributed by atoms with E-state index >= 15 is 0 Å². The van der Waals surface area contributed by atoms with Gasteiger partial charge in [-0.2, -0.15) is 5.10 Å². The van der Waals surface area contributed by atoms with E-state index in [2.05, 4.69) is 15.3 Å². The van der Waals surface area contributed by atoms with Crippen molar-refractivity contribution in [2.45, 2.75) is 33.2 Å². The molecule has 0 saturated carbocycles. The number of aromatic nitrogens is 2. The van der Waals surface area contributed by atoms with E-state index in [4.69, 9.17) is 0 Å². The van der Waals surface area contributed by atoms with Gasteiger partial charge < -0.3 is 10.2 Å². The van der Waals surface area contributed by atoms with Gasteiger partial charge in [-0.15, -0.1) is 0 Å². The van der Waals surface area contributed by atoms with Gasteiger partial charge in [0.2, 0.25) is 5.91 Å². The minimum absolute atomic E-state index is 0.0313. The third-order valence-corrected chi connectivity index (χ3v) is 5.84. The van der Waals surface area contributed by atoms with E-state index in [1.807, 2.05) is 62.4 Å². The number of aryl methyl sites for hydroxylation is 2. The number of hydrogen-bond acceptors (Lipinski definition) is 4. The SMILES string of the molecule is Cc1ccc(C)c(NC(=O)[C@H]2CCCN(c3cnn(Cc4ccccc4)c(=O)c3)C2)c1. The predicted molar refractivity (Wildman–Crippen MR) is 124 cm³/mol. The van der Waals surface area contributed by atoms with Crippen molar-refractivity contribution in [3.63, 3.8) is 0 Å². The lowest BCUT2D eigenvalue weighted by molar-refractivity contribution is -0.120. The molecule has 1 fully saturated rings. The molecule has 0 unspecified atom stereocenters. The molecular weight excluding hydrogens is 388 g/mol. The fourth-order valence-electron chi connectivity index (χ4n) is 4.00. The number of carbonyl (C=O) groups excluding carboxylic acids is 1. The Morgan fingerprint density at radius 1 is 1.13 bits per heavy atom. The third-order valence-electron chi connectivity index (χ3n) is 5.84. The fraction of sp³-hybridized carbons (Fsp3) is 0.320. The first-order valence-electron chi connectivity index (χ1n) is 10.7. The molecule has 31 heavy (non-hydrogen) atoms. The Labute approximate surface area is 182 Å². The number of nitrogens with zero attached hydrogens (tertiary/aromatic N) is 3. The maximum absolute atomic E-state index is 12.9. The van der Waals surface area contributed by atoms with Crippen LogP contribution in [-0.4, -0.2) is 28.8 Å². The van der Waals surface area contributed by atoms with Crippen molar-refractivity contribution in [2.24, 2.45) is 5.92 Å². The van der Waals surface area contributed by atoms with Gasteiger partial charge in [0.25, 0.3) is 5.56 Å². The zero-order chi connectivity index (χ0) is 21.8. The number of carbonyl (C=O) groups is 1. The molecule has 2 heterocycles. The molecule has 2 aromatic carbocycles. The van der Waals surface area contributed by atoms with Crippen molar-refractivity contribution in [1.29, 1.82) is 0 Å². The van der Waals surface area contributed by atoms with Gasteiger partial charge in [-0.1, -0.05) is 42.5 Å². The number of anilines is 2. The van der Waals surface area contributed by atoms with Gasteiger partial charge in [-0.25, -0.2) is 4.68 Å². The van der Waals surface area contributed by atoms with Crippen molar-refractivity contribution < 1.29 is 4.79 Å². The van der Waals surface area contributed by atoms with E-state index in [-0.39, 0.29) is 17.4 Å². The molecule has 1 atom stereocenters. The van der Waals surface area contributed by atoms with E-state index in [0.29, 0.717) is 13.1 Å². The Morgan fingerprint density at radius 3 is 2.71 bits per heavy atom. The smallest absolute Gasteiger partial charge is 0.269 e. The van der Waals surface area contributed by atoms with Gasteiger partial charge in [-0.3, -0.25) is 9.59 Å². The first-order chi connectivity index (χ1) is 15.0. The lowest BCUT2D eigenvalue weighted by Crippen LogP contribution is -2.41. The lowest BCUT2D eigenvalue weighted by atomic mass is 9.96. The van der Waals surface area contributed by atoms with Gasteiger partial charge in [0.15, 0.2) is 0 Å². The Balaban J connectivity index is 1.44. The van der Waals surface area contributed by atoms with E-state index in [0.717, 1.165) is 47.5 Å². The van der Waals surface area contributed by atoms with E-state index < -0.39 is 0 Å². The Morgan fingerprint density at radius 2 is 1.94 bits per heavy atom. The van der Waals surface area contributed by atoms with E-state index in [1.165, 1.54) is 4.68 Å². The van der Waals surface area contributed by atoms with Gasteiger partial charge in [-0.05, 0) is 49.4 Å². The van der Waals surface area contributed by atoms with Gasteiger partial charge in [0.1, 0.15) is 0 Å². The van der Waals surface area contributed by atoms with Crippen LogP contribution in [0.4, 0.5) is 11.4 Å². The van der Waals surface area contributed by atoms with Crippen molar-refractivity contribution in [3.05, 3.63) is 87.8 Å². The summed E-state index contributed by atoms with van der Waals surface area (Å²) in [6, 6.07) is 17.5. The molecule has 1 amide bonds. The van der Waals surface area contributed by atoms with Gasteiger partial charge in [0, 0.05) is 24.8 Å². The Hall–Kier alpha value is -3.41. The highest BCUT2D eigenvalue weighted by Gasteiger charge is 2.27. The van der Waals surface area contributed by atoms with Gasteiger partial charge in [0.05, 0.1) is 24.3 Å². The zero-order valence-corrected chi connectivity index (χ0v) is 18.0. The summed E-state index contributed by atoms with van der Waals surface area (Å²) in [7, 11) is 0. The molecule has 1 aliphatic rings. The molecule has 0 aliphatic carbocycles. The average molecular weight is 417 g/mol. The number of amides is 1. The second-order valence-corrected chi connectivity index (χ2v) is 8.29. The van der Waals surface area contributed by atoms with Crippen molar-refractivity contribution in [2.75, 3.05) is 23.3 Å². The van der Waals surface area contributed by atoms with Crippen LogP contribution in [0.3, 0.4) is 0 Å². The highest BCUT2D eigenvalue weighted by molar-refractivity contribution is 5.93. The molecular formula is C25H28N4O2. The van der Waals surface area contributed by atoms with Crippen LogP contribution in [0, 0.1) is 19.8 Å². The van der Waals surface area contributed by atoms with Crippen LogP contribution in [0.2, 0.25) is 0 Å². The van der Waals surface area contributed by atoms with Crippen molar-refractivity contribution in [3.8, 4) is 0 Å². The molecule has 0 bridgehead atoms. The van der Waals surface area contributed by atoms with Crippen LogP contribution in [0.5, 0.6) is 0 Å². The van der Waals surface area contributed by atoms with Crippen LogP contribution in [-0.2, 0) is 11.3 Å². The minimum atomic E-state index is -0.136. The van der Waals surface area contributed by atoms with Crippen LogP contribution < -0.4 is 15.8 Å². The topological polar surface area (TPSA) is 67.2 Å². The first kappa shape index (κ1) is 20.8. The molecule has 1 N–H and O–H groups in total.